The topological polar surface area (TPSA) is 95.9 Å². The SMILES string of the molecule is COC(=O)C[C@H](NC(=O)N1CCC(C)C1)C(=O)O. The van der Waals surface area contributed by atoms with Crippen molar-refractivity contribution < 1.29 is 24.2 Å². The molecule has 1 saturated heterocycles. The molecule has 102 valence electrons. The lowest BCUT2D eigenvalue weighted by Crippen LogP contribution is -2.48. The molecular formula is C11H18N2O5. The van der Waals surface area contributed by atoms with Gasteiger partial charge in [0.2, 0.25) is 0 Å². The second-order valence-corrected chi connectivity index (χ2v) is 4.46. The highest BCUT2D eigenvalue weighted by atomic mass is 16.5. The van der Waals surface area contributed by atoms with Crippen LogP contribution in [0.1, 0.15) is 19.8 Å². The Morgan fingerprint density at radius 2 is 2.17 bits per heavy atom. The number of carboxylic acid groups (broad SMARTS) is 1. The molecule has 0 aromatic heterocycles. The number of methoxy groups -OCH3 is 1. The van der Waals surface area contributed by atoms with Crippen LogP contribution < -0.4 is 5.32 Å². The minimum atomic E-state index is -1.25. The molecule has 0 spiro atoms. The normalized spacial score (nSPS) is 20.3. The van der Waals surface area contributed by atoms with Gasteiger partial charge in [-0.25, -0.2) is 9.59 Å². The van der Waals surface area contributed by atoms with Gasteiger partial charge in [-0.3, -0.25) is 4.79 Å². The fraction of sp³-hybridized carbons (Fsp3) is 0.727. The molecule has 1 rings (SSSR count). The van der Waals surface area contributed by atoms with Crippen molar-refractivity contribution in [2.24, 2.45) is 5.92 Å². The molecule has 0 radical (unpaired) electrons. The molecule has 1 unspecified atom stereocenters. The van der Waals surface area contributed by atoms with Gasteiger partial charge >= 0.3 is 18.0 Å². The summed E-state index contributed by atoms with van der Waals surface area (Å²) in [5.74, 6) is -1.50. The fourth-order valence-electron chi connectivity index (χ4n) is 1.81. The lowest BCUT2D eigenvalue weighted by atomic mass is 10.2. The summed E-state index contributed by atoms with van der Waals surface area (Å²) in [6.07, 6.45) is 0.531. The zero-order chi connectivity index (χ0) is 13.7. The second kappa shape index (κ2) is 6.23. The lowest BCUT2D eigenvalue weighted by molar-refractivity contribution is -0.147. The molecule has 7 heteroatoms. The Labute approximate surface area is 105 Å². The van der Waals surface area contributed by atoms with E-state index in [1.807, 2.05) is 6.92 Å². The monoisotopic (exact) mass is 258 g/mol. The molecule has 1 aliphatic rings. The molecular weight excluding hydrogens is 240 g/mol. The van der Waals surface area contributed by atoms with E-state index in [4.69, 9.17) is 5.11 Å². The zero-order valence-electron chi connectivity index (χ0n) is 10.5. The Hall–Kier alpha value is -1.79. The van der Waals surface area contributed by atoms with Gasteiger partial charge in [-0.1, -0.05) is 6.92 Å². The summed E-state index contributed by atoms with van der Waals surface area (Å²) in [6, 6.07) is -1.70. The van der Waals surface area contributed by atoms with Crippen LogP contribution in [-0.4, -0.2) is 54.2 Å². The molecule has 1 aliphatic heterocycles. The molecule has 0 aromatic rings. The number of amides is 2. The van der Waals surface area contributed by atoms with Gasteiger partial charge in [0.15, 0.2) is 0 Å². The summed E-state index contributed by atoms with van der Waals surface area (Å²) in [5, 5.41) is 11.3. The van der Waals surface area contributed by atoms with E-state index in [0.29, 0.717) is 19.0 Å². The third-order valence-corrected chi connectivity index (χ3v) is 2.91. The Morgan fingerprint density at radius 3 is 2.61 bits per heavy atom. The van der Waals surface area contributed by atoms with Crippen LogP contribution in [0, 0.1) is 5.92 Å². The summed E-state index contributed by atoms with van der Waals surface area (Å²) in [7, 11) is 1.17. The average molecular weight is 258 g/mol. The molecule has 0 aromatic carbocycles. The predicted octanol–water partition coefficient (Wildman–Crippen LogP) is 0.0541. The number of carbonyl (C=O) groups is 3. The van der Waals surface area contributed by atoms with Gasteiger partial charge in [0.25, 0.3) is 0 Å². The number of urea groups is 1. The Balaban J connectivity index is 2.52. The van der Waals surface area contributed by atoms with Crippen LogP contribution in [0.2, 0.25) is 0 Å². The van der Waals surface area contributed by atoms with Crippen molar-refractivity contribution in [3.63, 3.8) is 0 Å². The van der Waals surface area contributed by atoms with Crippen molar-refractivity contribution in [3.8, 4) is 0 Å². The van der Waals surface area contributed by atoms with Crippen LogP contribution in [0.15, 0.2) is 0 Å². The van der Waals surface area contributed by atoms with Gasteiger partial charge < -0.3 is 20.1 Å². The number of hydrogen-bond acceptors (Lipinski definition) is 4. The van der Waals surface area contributed by atoms with E-state index in [1.165, 1.54) is 7.11 Å². The maximum Gasteiger partial charge on any atom is 0.326 e. The Bertz CT molecular complexity index is 344. The minimum absolute atomic E-state index is 0.374. The van der Waals surface area contributed by atoms with Crippen LogP contribution in [-0.2, 0) is 14.3 Å². The standard InChI is InChI=1S/C11H18N2O5/c1-7-3-4-13(6-7)11(17)12-8(10(15)16)5-9(14)18-2/h7-8H,3-6H2,1-2H3,(H,12,17)(H,15,16)/t7?,8-/m0/s1. The van der Waals surface area contributed by atoms with Crippen LogP contribution in [0.3, 0.4) is 0 Å². The van der Waals surface area contributed by atoms with Crippen LogP contribution in [0.25, 0.3) is 0 Å². The molecule has 2 amide bonds. The summed E-state index contributed by atoms with van der Waals surface area (Å²) in [4.78, 5) is 35.3. The van der Waals surface area contributed by atoms with Gasteiger partial charge in [0.1, 0.15) is 6.04 Å². The Kier molecular flexibility index (Phi) is 4.94. The first kappa shape index (κ1) is 14.3. The molecule has 0 aliphatic carbocycles. The first-order valence-corrected chi connectivity index (χ1v) is 5.79. The average Bonchev–Trinajstić information content (AvgIpc) is 2.74. The number of nitrogens with one attached hydrogen (secondary N) is 1. The number of esters is 1. The molecule has 0 bridgehead atoms. The smallest absolute Gasteiger partial charge is 0.326 e. The first-order chi connectivity index (χ1) is 8.43. The maximum atomic E-state index is 11.8. The molecule has 18 heavy (non-hydrogen) atoms. The van der Waals surface area contributed by atoms with Crippen molar-refractivity contribution in [2.75, 3.05) is 20.2 Å². The van der Waals surface area contributed by atoms with Crippen LogP contribution >= 0.6 is 0 Å². The van der Waals surface area contributed by atoms with Gasteiger partial charge in [-0.05, 0) is 12.3 Å². The third-order valence-electron chi connectivity index (χ3n) is 2.91. The summed E-state index contributed by atoms with van der Waals surface area (Å²) in [6.45, 7) is 3.24. The molecule has 7 nitrogen and oxygen atoms in total. The molecule has 0 saturated carbocycles. The van der Waals surface area contributed by atoms with Crippen LogP contribution in [0.4, 0.5) is 4.79 Å². The maximum absolute atomic E-state index is 11.8. The van der Waals surface area contributed by atoms with Crippen molar-refractivity contribution in [2.45, 2.75) is 25.8 Å². The quantitative estimate of drug-likeness (QED) is 0.695. The third kappa shape index (κ3) is 3.90. The van der Waals surface area contributed by atoms with Crippen molar-refractivity contribution in [3.05, 3.63) is 0 Å². The number of carboxylic acids is 1. The first-order valence-electron chi connectivity index (χ1n) is 5.79. The number of hydrogen-bond donors (Lipinski definition) is 2. The largest absolute Gasteiger partial charge is 0.480 e. The lowest BCUT2D eigenvalue weighted by Gasteiger charge is -2.20. The zero-order valence-corrected chi connectivity index (χ0v) is 10.5. The van der Waals surface area contributed by atoms with Crippen molar-refractivity contribution >= 4 is 18.0 Å². The molecule has 1 heterocycles. The Morgan fingerprint density at radius 1 is 1.50 bits per heavy atom. The van der Waals surface area contributed by atoms with Crippen molar-refractivity contribution in [1.82, 2.24) is 10.2 Å². The second-order valence-electron chi connectivity index (χ2n) is 4.46. The summed E-state index contributed by atoms with van der Waals surface area (Å²) >= 11 is 0. The summed E-state index contributed by atoms with van der Waals surface area (Å²) in [5.41, 5.74) is 0. The van der Waals surface area contributed by atoms with Gasteiger partial charge in [0, 0.05) is 13.1 Å². The number of nitrogens with zero attached hydrogens (tertiary/aromatic N) is 1. The molecule has 1 fully saturated rings. The highest BCUT2D eigenvalue weighted by Crippen LogP contribution is 2.15. The van der Waals surface area contributed by atoms with E-state index in [0.717, 1.165) is 6.42 Å². The van der Waals surface area contributed by atoms with E-state index in [2.05, 4.69) is 10.1 Å². The van der Waals surface area contributed by atoms with E-state index >= 15 is 0 Å². The number of ether oxygens (including phenoxy) is 1. The highest BCUT2D eigenvalue weighted by molar-refractivity contribution is 5.86. The van der Waals surface area contributed by atoms with E-state index in [1.54, 1.807) is 4.90 Å². The highest BCUT2D eigenvalue weighted by Gasteiger charge is 2.28. The van der Waals surface area contributed by atoms with E-state index in [-0.39, 0.29) is 6.42 Å². The van der Waals surface area contributed by atoms with Crippen molar-refractivity contribution in [1.29, 1.82) is 0 Å². The molecule has 2 N–H and O–H groups in total. The summed E-state index contributed by atoms with van der Waals surface area (Å²) < 4.78 is 4.39. The fourth-order valence-corrected chi connectivity index (χ4v) is 1.81. The van der Waals surface area contributed by atoms with E-state index < -0.39 is 24.0 Å². The number of carbonyl (C=O) groups excluding carboxylic acids is 2. The molecule has 2 atom stereocenters. The predicted molar refractivity (Wildman–Crippen MR) is 61.9 cm³/mol. The number of rotatable bonds is 4. The minimum Gasteiger partial charge on any atom is -0.480 e. The van der Waals surface area contributed by atoms with Gasteiger partial charge in [-0.2, -0.15) is 0 Å². The van der Waals surface area contributed by atoms with Gasteiger partial charge in [-0.15, -0.1) is 0 Å². The number of likely N-dealkylation sites (tertiary alicyclic amines) is 1. The van der Waals surface area contributed by atoms with Gasteiger partial charge in [0.05, 0.1) is 13.5 Å². The van der Waals surface area contributed by atoms with E-state index in [9.17, 15) is 14.4 Å². The van der Waals surface area contributed by atoms with Crippen LogP contribution in [0.5, 0.6) is 0 Å². The number of aliphatic carboxylic acids is 1.